The van der Waals surface area contributed by atoms with Crippen LogP contribution in [0.15, 0.2) is 41.4 Å². The van der Waals surface area contributed by atoms with Gasteiger partial charge in [-0.05, 0) is 43.2 Å². The smallest absolute Gasteiger partial charge is 0.325 e. The molecule has 0 saturated carbocycles. The predicted molar refractivity (Wildman–Crippen MR) is 103 cm³/mol. The molecule has 0 fully saturated rings. The fourth-order valence-electron chi connectivity index (χ4n) is 2.73. The summed E-state index contributed by atoms with van der Waals surface area (Å²) in [6, 6.07) is 10.8. The minimum absolute atomic E-state index is 0.0198. The van der Waals surface area contributed by atoms with Gasteiger partial charge in [0.1, 0.15) is 6.54 Å². The molecule has 26 heavy (non-hydrogen) atoms. The van der Waals surface area contributed by atoms with Gasteiger partial charge in [0.15, 0.2) is 4.80 Å². The van der Waals surface area contributed by atoms with Crippen molar-refractivity contribution in [1.29, 1.82) is 0 Å². The highest BCUT2D eigenvalue weighted by Crippen LogP contribution is 2.24. The van der Waals surface area contributed by atoms with Crippen LogP contribution in [0.1, 0.15) is 21.5 Å². The Labute approximate surface area is 159 Å². The number of rotatable bonds is 3. The molecule has 1 amide bonds. The number of ether oxygens (including phenoxy) is 1. The summed E-state index contributed by atoms with van der Waals surface area (Å²) in [5.74, 6) is -0.856. The van der Waals surface area contributed by atoms with Crippen LogP contribution in [-0.2, 0) is 16.1 Å². The van der Waals surface area contributed by atoms with Gasteiger partial charge < -0.3 is 9.30 Å². The number of methoxy groups -OCH3 is 1. The van der Waals surface area contributed by atoms with E-state index in [0.717, 1.165) is 21.3 Å². The molecule has 3 rings (SSSR count). The second kappa shape index (κ2) is 7.43. The zero-order chi connectivity index (χ0) is 18.8. The van der Waals surface area contributed by atoms with Crippen molar-refractivity contribution in [3.63, 3.8) is 0 Å². The Hall–Kier alpha value is -2.44. The average molecular weight is 389 g/mol. The Morgan fingerprint density at radius 1 is 1.23 bits per heavy atom. The number of hydrogen-bond donors (Lipinski definition) is 0. The Balaban J connectivity index is 2.22. The van der Waals surface area contributed by atoms with Gasteiger partial charge in [0.05, 0.1) is 27.9 Å². The summed E-state index contributed by atoms with van der Waals surface area (Å²) in [7, 11) is 1.33. The van der Waals surface area contributed by atoms with Gasteiger partial charge in [0.25, 0.3) is 5.91 Å². The number of carbonyl (C=O) groups excluding carboxylic acids is 2. The first-order valence-electron chi connectivity index (χ1n) is 7.91. The van der Waals surface area contributed by atoms with E-state index in [-0.39, 0.29) is 6.54 Å². The molecular weight excluding hydrogens is 372 g/mol. The molecule has 0 saturated heterocycles. The first-order valence-corrected chi connectivity index (χ1v) is 9.11. The molecule has 5 nitrogen and oxygen atoms in total. The maximum atomic E-state index is 12.6. The van der Waals surface area contributed by atoms with Crippen LogP contribution in [-0.4, -0.2) is 23.6 Å². The maximum absolute atomic E-state index is 12.6. The lowest BCUT2D eigenvalue weighted by molar-refractivity contribution is -0.141. The third-order valence-corrected chi connectivity index (χ3v) is 5.49. The van der Waals surface area contributed by atoms with Crippen LogP contribution < -0.4 is 4.80 Å². The number of thiazole rings is 1. The quantitative estimate of drug-likeness (QED) is 0.639. The third kappa shape index (κ3) is 3.57. The minimum atomic E-state index is -0.449. The van der Waals surface area contributed by atoms with Crippen molar-refractivity contribution >= 4 is 45.0 Å². The predicted octanol–water partition coefficient (Wildman–Crippen LogP) is 3.89. The van der Waals surface area contributed by atoms with E-state index in [0.29, 0.717) is 15.4 Å². The number of hydrogen-bond acceptors (Lipinski definition) is 4. The molecule has 0 N–H and O–H groups in total. The van der Waals surface area contributed by atoms with Gasteiger partial charge >= 0.3 is 5.97 Å². The maximum Gasteiger partial charge on any atom is 0.325 e. The van der Waals surface area contributed by atoms with E-state index in [2.05, 4.69) is 11.1 Å². The fourth-order valence-corrected chi connectivity index (χ4v) is 4.02. The molecule has 0 aliphatic rings. The van der Waals surface area contributed by atoms with Gasteiger partial charge in [-0.2, -0.15) is 4.99 Å². The molecule has 0 radical (unpaired) electrons. The van der Waals surface area contributed by atoms with Crippen LogP contribution in [0.5, 0.6) is 0 Å². The van der Waals surface area contributed by atoms with E-state index in [9.17, 15) is 9.59 Å². The number of carbonyl (C=O) groups is 2. The van der Waals surface area contributed by atoms with E-state index >= 15 is 0 Å². The number of fused-ring (bicyclic) bond motifs is 1. The third-order valence-electron chi connectivity index (χ3n) is 3.93. The molecule has 0 aliphatic heterocycles. The van der Waals surface area contributed by atoms with Crippen LogP contribution in [0.3, 0.4) is 0 Å². The molecule has 0 spiro atoms. The van der Waals surface area contributed by atoms with Crippen LogP contribution in [0.4, 0.5) is 0 Å². The average Bonchev–Trinajstić information content (AvgIpc) is 2.93. The minimum Gasteiger partial charge on any atom is -0.468 e. The number of nitrogens with zero attached hydrogens (tertiary/aromatic N) is 2. The van der Waals surface area contributed by atoms with Crippen molar-refractivity contribution in [3.05, 3.63) is 62.9 Å². The van der Waals surface area contributed by atoms with E-state index in [1.165, 1.54) is 18.4 Å². The molecule has 2 aromatic carbocycles. The molecule has 134 valence electrons. The Bertz CT molecular complexity index is 1080. The zero-order valence-corrected chi connectivity index (χ0v) is 16.1. The highest BCUT2D eigenvalue weighted by Gasteiger charge is 2.15. The Morgan fingerprint density at radius 3 is 2.65 bits per heavy atom. The fraction of sp³-hybridized carbons (Fsp3) is 0.211. The highest BCUT2D eigenvalue weighted by atomic mass is 35.5. The molecule has 1 aromatic heterocycles. The van der Waals surface area contributed by atoms with Crippen LogP contribution in [0.2, 0.25) is 5.02 Å². The molecule has 7 heteroatoms. The second-order valence-corrected chi connectivity index (χ2v) is 7.26. The van der Waals surface area contributed by atoms with Crippen molar-refractivity contribution in [1.82, 2.24) is 4.57 Å². The number of aromatic nitrogens is 1. The lowest BCUT2D eigenvalue weighted by Crippen LogP contribution is -2.22. The van der Waals surface area contributed by atoms with Crippen LogP contribution >= 0.6 is 22.9 Å². The van der Waals surface area contributed by atoms with Crippen molar-refractivity contribution < 1.29 is 14.3 Å². The van der Waals surface area contributed by atoms with Crippen LogP contribution in [0, 0.1) is 13.8 Å². The molecule has 1 heterocycles. The van der Waals surface area contributed by atoms with Gasteiger partial charge in [-0.15, -0.1) is 0 Å². The van der Waals surface area contributed by atoms with E-state index in [4.69, 9.17) is 16.3 Å². The zero-order valence-electron chi connectivity index (χ0n) is 14.6. The first-order chi connectivity index (χ1) is 12.4. The lowest BCUT2D eigenvalue weighted by atomic mass is 10.1. The molecule has 0 aliphatic carbocycles. The SMILES string of the molecule is COC(=O)Cn1c(=NC(=O)c2ccccc2Cl)sc2c(C)cc(C)cc21. The summed E-state index contributed by atoms with van der Waals surface area (Å²) in [5.41, 5.74) is 3.30. The highest BCUT2D eigenvalue weighted by molar-refractivity contribution is 7.16. The summed E-state index contributed by atoms with van der Waals surface area (Å²) < 4.78 is 7.48. The van der Waals surface area contributed by atoms with Gasteiger partial charge in [-0.3, -0.25) is 9.59 Å². The monoisotopic (exact) mass is 388 g/mol. The van der Waals surface area contributed by atoms with Crippen molar-refractivity contribution in [3.8, 4) is 0 Å². The molecule has 0 bridgehead atoms. The molecule has 3 aromatic rings. The van der Waals surface area contributed by atoms with E-state index in [1.807, 2.05) is 19.9 Å². The Morgan fingerprint density at radius 2 is 1.96 bits per heavy atom. The van der Waals surface area contributed by atoms with E-state index in [1.54, 1.807) is 28.8 Å². The van der Waals surface area contributed by atoms with Gasteiger partial charge in [0, 0.05) is 0 Å². The summed E-state index contributed by atoms with van der Waals surface area (Å²) in [5, 5.41) is 0.342. The van der Waals surface area contributed by atoms with Gasteiger partial charge in [0.2, 0.25) is 0 Å². The summed E-state index contributed by atoms with van der Waals surface area (Å²) in [4.78, 5) is 29.1. The topological polar surface area (TPSA) is 60.7 Å². The number of aryl methyl sites for hydroxylation is 2. The Kier molecular flexibility index (Phi) is 5.25. The molecule has 0 unspecified atom stereocenters. The van der Waals surface area contributed by atoms with E-state index < -0.39 is 11.9 Å². The van der Waals surface area contributed by atoms with Crippen LogP contribution in [0.25, 0.3) is 10.2 Å². The largest absolute Gasteiger partial charge is 0.468 e. The number of benzene rings is 2. The molecule has 0 atom stereocenters. The van der Waals surface area contributed by atoms with Crippen molar-refractivity contribution in [2.75, 3.05) is 7.11 Å². The molecular formula is C19H17ClN2O3S. The normalized spacial score (nSPS) is 11.8. The number of amides is 1. The standard InChI is InChI=1S/C19H17ClN2O3S/c1-11-8-12(2)17-15(9-11)22(10-16(23)25-3)19(26-17)21-18(24)13-6-4-5-7-14(13)20/h4-9H,10H2,1-3H3. The summed E-state index contributed by atoms with van der Waals surface area (Å²) in [6.07, 6.45) is 0. The van der Waals surface area contributed by atoms with Gasteiger partial charge in [-0.1, -0.05) is 41.1 Å². The number of halogens is 1. The second-order valence-electron chi connectivity index (χ2n) is 5.87. The summed E-state index contributed by atoms with van der Waals surface area (Å²) in [6.45, 7) is 3.96. The lowest BCUT2D eigenvalue weighted by Gasteiger charge is -2.05. The first kappa shape index (κ1) is 18.4. The van der Waals surface area contributed by atoms with Crippen molar-refractivity contribution in [2.45, 2.75) is 20.4 Å². The van der Waals surface area contributed by atoms with Gasteiger partial charge in [-0.25, -0.2) is 0 Å². The van der Waals surface area contributed by atoms with Crippen molar-refractivity contribution in [2.24, 2.45) is 4.99 Å². The summed E-state index contributed by atoms with van der Waals surface area (Å²) >= 11 is 7.46. The number of esters is 1.